The third-order valence-corrected chi connectivity index (χ3v) is 6.68. The van der Waals surface area contributed by atoms with Gasteiger partial charge in [0.1, 0.15) is 12.2 Å². The van der Waals surface area contributed by atoms with Crippen molar-refractivity contribution in [1.82, 2.24) is 9.91 Å². The van der Waals surface area contributed by atoms with Crippen molar-refractivity contribution in [3.8, 4) is 0 Å². The molecule has 5 nitrogen and oxygen atoms in total. The van der Waals surface area contributed by atoms with Crippen LogP contribution in [0.15, 0.2) is 65.6 Å². The largest absolute Gasteiger partial charge is 0.369 e. The SMILES string of the molecule is C=C1N(c2ccc(N3CCN(C4C=CC(CC)=CC4)CC3)cc2)C=NN1C(C)CC. The molecule has 5 heteroatoms. The Morgan fingerprint density at radius 1 is 1.07 bits per heavy atom. The van der Waals surface area contributed by atoms with Gasteiger partial charge in [0.05, 0.1) is 6.04 Å². The smallest absolute Gasteiger partial charge is 0.128 e. The zero-order valence-electron chi connectivity index (χ0n) is 18.7. The molecule has 1 fully saturated rings. The molecule has 4 rings (SSSR count). The van der Waals surface area contributed by atoms with Gasteiger partial charge in [-0.3, -0.25) is 9.80 Å². The number of allylic oxidation sites excluding steroid dienone is 2. The molecule has 0 saturated carbocycles. The number of rotatable bonds is 6. The van der Waals surface area contributed by atoms with Crippen LogP contribution in [-0.2, 0) is 0 Å². The summed E-state index contributed by atoms with van der Waals surface area (Å²) in [7, 11) is 0. The summed E-state index contributed by atoms with van der Waals surface area (Å²) in [5, 5.41) is 6.53. The number of piperazine rings is 1. The molecule has 0 radical (unpaired) electrons. The van der Waals surface area contributed by atoms with E-state index < -0.39 is 0 Å². The highest BCUT2D eigenvalue weighted by Crippen LogP contribution is 2.28. The van der Waals surface area contributed by atoms with Gasteiger partial charge in [0.25, 0.3) is 0 Å². The first-order valence-corrected chi connectivity index (χ1v) is 11.4. The van der Waals surface area contributed by atoms with Crippen molar-refractivity contribution in [2.24, 2.45) is 5.10 Å². The van der Waals surface area contributed by atoms with Crippen LogP contribution in [0.4, 0.5) is 11.4 Å². The Balaban J connectivity index is 1.33. The first-order valence-electron chi connectivity index (χ1n) is 11.4. The molecule has 0 bridgehead atoms. The maximum atomic E-state index is 4.53. The molecule has 3 aliphatic rings. The average Bonchev–Trinajstić information content (AvgIpc) is 3.20. The van der Waals surface area contributed by atoms with Crippen LogP contribution < -0.4 is 9.80 Å². The van der Waals surface area contributed by atoms with Gasteiger partial charge in [0, 0.05) is 43.6 Å². The van der Waals surface area contributed by atoms with E-state index in [0.29, 0.717) is 12.1 Å². The molecule has 1 saturated heterocycles. The predicted molar refractivity (Wildman–Crippen MR) is 128 cm³/mol. The summed E-state index contributed by atoms with van der Waals surface area (Å²) in [6.45, 7) is 15.2. The Labute approximate surface area is 181 Å². The molecular weight excluding hydrogens is 370 g/mol. The lowest BCUT2D eigenvalue weighted by atomic mass is 9.99. The van der Waals surface area contributed by atoms with E-state index in [9.17, 15) is 0 Å². The zero-order chi connectivity index (χ0) is 21.1. The van der Waals surface area contributed by atoms with E-state index in [1.807, 2.05) is 11.3 Å². The van der Waals surface area contributed by atoms with E-state index in [2.05, 4.69) is 89.6 Å². The zero-order valence-corrected chi connectivity index (χ0v) is 18.7. The summed E-state index contributed by atoms with van der Waals surface area (Å²) in [6.07, 6.45) is 12.3. The molecule has 2 unspecified atom stereocenters. The highest BCUT2D eigenvalue weighted by atomic mass is 15.6. The monoisotopic (exact) mass is 405 g/mol. The van der Waals surface area contributed by atoms with Gasteiger partial charge in [-0.05, 0) is 50.5 Å². The first kappa shape index (κ1) is 20.7. The maximum Gasteiger partial charge on any atom is 0.128 e. The van der Waals surface area contributed by atoms with Crippen molar-refractivity contribution in [2.45, 2.75) is 52.1 Å². The maximum absolute atomic E-state index is 4.53. The molecule has 0 amide bonds. The van der Waals surface area contributed by atoms with E-state index in [-0.39, 0.29) is 0 Å². The van der Waals surface area contributed by atoms with Crippen molar-refractivity contribution in [1.29, 1.82) is 0 Å². The standard InChI is InChI=1S/C25H35N5/c1-5-20(3)30-21(4)29(19-26-30)25-13-11-24(12-14-25)28-17-15-27(16-18-28)23-9-7-22(6-2)8-10-23/h7-9,11-14,19-20,23H,4-6,10,15-18H2,1-3H3. The molecule has 0 spiro atoms. The van der Waals surface area contributed by atoms with E-state index in [4.69, 9.17) is 0 Å². The second-order valence-electron chi connectivity index (χ2n) is 8.45. The minimum atomic E-state index is 0.359. The minimum absolute atomic E-state index is 0.359. The van der Waals surface area contributed by atoms with Crippen LogP contribution >= 0.6 is 0 Å². The van der Waals surface area contributed by atoms with Gasteiger partial charge in [-0.2, -0.15) is 5.10 Å². The molecule has 2 heterocycles. The highest BCUT2D eigenvalue weighted by molar-refractivity contribution is 5.85. The number of hydrazone groups is 1. The van der Waals surface area contributed by atoms with Crippen LogP contribution in [0.25, 0.3) is 0 Å². The van der Waals surface area contributed by atoms with Crippen molar-refractivity contribution in [2.75, 3.05) is 36.0 Å². The van der Waals surface area contributed by atoms with Gasteiger partial charge in [-0.25, -0.2) is 5.01 Å². The quantitative estimate of drug-likeness (QED) is 0.678. The topological polar surface area (TPSA) is 25.3 Å². The lowest BCUT2D eigenvalue weighted by Crippen LogP contribution is -2.50. The lowest BCUT2D eigenvalue weighted by Gasteiger charge is -2.40. The van der Waals surface area contributed by atoms with Crippen molar-refractivity contribution in [3.63, 3.8) is 0 Å². The second-order valence-corrected chi connectivity index (χ2v) is 8.45. The van der Waals surface area contributed by atoms with Crippen LogP contribution in [0.1, 0.15) is 40.0 Å². The molecule has 30 heavy (non-hydrogen) atoms. The number of anilines is 2. The molecule has 1 aromatic carbocycles. The van der Waals surface area contributed by atoms with Gasteiger partial charge in [0.2, 0.25) is 0 Å². The molecule has 0 aromatic heterocycles. The molecule has 160 valence electrons. The summed E-state index contributed by atoms with van der Waals surface area (Å²) in [4.78, 5) is 7.19. The fourth-order valence-corrected chi connectivity index (χ4v) is 4.43. The summed E-state index contributed by atoms with van der Waals surface area (Å²) in [6, 6.07) is 9.75. The summed E-state index contributed by atoms with van der Waals surface area (Å²) >= 11 is 0. The Hall–Kier alpha value is -2.53. The molecule has 2 atom stereocenters. The number of hydrogen-bond acceptors (Lipinski definition) is 5. The van der Waals surface area contributed by atoms with Crippen LogP contribution in [0.3, 0.4) is 0 Å². The molecule has 0 N–H and O–H groups in total. The third kappa shape index (κ3) is 4.17. The van der Waals surface area contributed by atoms with E-state index in [1.54, 1.807) is 0 Å². The lowest BCUT2D eigenvalue weighted by molar-refractivity contribution is 0.215. The molecule has 2 aliphatic heterocycles. The van der Waals surface area contributed by atoms with Crippen molar-refractivity contribution in [3.05, 3.63) is 60.5 Å². The summed E-state index contributed by atoms with van der Waals surface area (Å²) in [5.74, 6) is 0.923. The Morgan fingerprint density at radius 3 is 2.37 bits per heavy atom. The van der Waals surface area contributed by atoms with E-state index in [0.717, 1.165) is 56.9 Å². The van der Waals surface area contributed by atoms with Crippen LogP contribution in [0, 0.1) is 0 Å². The number of hydrogen-bond donors (Lipinski definition) is 0. The normalized spacial score (nSPS) is 23.3. The fraction of sp³-hybridized carbons (Fsp3) is 0.480. The molecular formula is C25H35N5. The van der Waals surface area contributed by atoms with Gasteiger partial charge < -0.3 is 4.90 Å². The first-order chi connectivity index (χ1) is 14.6. The predicted octanol–water partition coefficient (Wildman–Crippen LogP) is 4.81. The van der Waals surface area contributed by atoms with E-state index in [1.165, 1.54) is 11.3 Å². The average molecular weight is 406 g/mol. The summed E-state index contributed by atoms with van der Waals surface area (Å²) in [5.41, 5.74) is 3.89. The van der Waals surface area contributed by atoms with Gasteiger partial charge >= 0.3 is 0 Å². The number of benzene rings is 1. The fourth-order valence-electron chi connectivity index (χ4n) is 4.43. The molecule has 1 aromatic rings. The summed E-state index contributed by atoms with van der Waals surface area (Å²) < 4.78 is 0. The number of nitrogens with zero attached hydrogens (tertiary/aromatic N) is 5. The minimum Gasteiger partial charge on any atom is -0.369 e. The van der Waals surface area contributed by atoms with Crippen LogP contribution in [0.5, 0.6) is 0 Å². The van der Waals surface area contributed by atoms with Crippen LogP contribution in [0.2, 0.25) is 0 Å². The van der Waals surface area contributed by atoms with Crippen molar-refractivity contribution >= 4 is 17.7 Å². The second kappa shape index (κ2) is 9.09. The molecule has 1 aliphatic carbocycles. The van der Waals surface area contributed by atoms with Gasteiger partial charge in [-0.1, -0.05) is 44.2 Å². The Bertz CT molecular complexity index is 830. The van der Waals surface area contributed by atoms with Crippen LogP contribution in [-0.4, -0.2) is 54.5 Å². The third-order valence-electron chi connectivity index (χ3n) is 6.68. The highest BCUT2D eigenvalue weighted by Gasteiger charge is 2.25. The van der Waals surface area contributed by atoms with Gasteiger partial charge in [0.15, 0.2) is 0 Å². The van der Waals surface area contributed by atoms with Crippen molar-refractivity contribution < 1.29 is 0 Å². The van der Waals surface area contributed by atoms with E-state index >= 15 is 0 Å². The Kier molecular flexibility index (Phi) is 6.28. The Morgan fingerprint density at radius 2 is 1.77 bits per heavy atom. The van der Waals surface area contributed by atoms with Gasteiger partial charge in [-0.15, -0.1) is 0 Å².